The van der Waals surface area contributed by atoms with Crippen LogP contribution in [0.3, 0.4) is 0 Å². The van der Waals surface area contributed by atoms with Crippen molar-refractivity contribution in [3.05, 3.63) is 65.0 Å². The van der Waals surface area contributed by atoms with Crippen LogP contribution in [0.2, 0.25) is 0 Å². The first-order valence-electron chi connectivity index (χ1n) is 9.79. The Labute approximate surface area is 170 Å². The Hall–Kier alpha value is -2.89. The second-order valence-electron chi connectivity index (χ2n) is 8.63. The Morgan fingerprint density at radius 2 is 1.90 bits per heavy atom. The molecule has 0 radical (unpaired) electrons. The molecule has 2 atom stereocenters. The van der Waals surface area contributed by atoms with Gasteiger partial charge in [0.15, 0.2) is 0 Å². The van der Waals surface area contributed by atoms with Gasteiger partial charge in [0.05, 0.1) is 12.0 Å². The number of hydrogen-bond acceptors (Lipinski definition) is 3. The van der Waals surface area contributed by atoms with Crippen LogP contribution >= 0.6 is 0 Å². The van der Waals surface area contributed by atoms with Gasteiger partial charge in [0.1, 0.15) is 5.82 Å². The lowest BCUT2D eigenvalue weighted by Gasteiger charge is -2.43. The average Bonchev–Trinajstić information content (AvgIpc) is 2.66. The molecule has 2 aromatic rings. The molecule has 0 spiro atoms. The number of anilines is 1. The van der Waals surface area contributed by atoms with Gasteiger partial charge in [-0.2, -0.15) is 0 Å². The third kappa shape index (κ3) is 4.26. The molecule has 1 amide bonds. The second-order valence-corrected chi connectivity index (χ2v) is 8.63. The number of amides is 1. The van der Waals surface area contributed by atoms with Crippen LogP contribution in [0, 0.1) is 11.7 Å². The molecular weight excluding hydrogens is 371 g/mol. The van der Waals surface area contributed by atoms with E-state index in [0.29, 0.717) is 30.5 Å². The van der Waals surface area contributed by atoms with Gasteiger partial charge >= 0.3 is 5.97 Å². The van der Waals surface area contributed by atoms with Crippen LogP contribution in [0.15, 0.2) is 42.5 Å². The zero-order chi connectivity index (χ0) is 21.3. The van der Waals surface area contributed by atoms with E-state index in [4.69, 9.17) is 5.73 Å². The maximum absolute atomic E-state index is 14.0. The Balaban J connectivity index is 2.19. The molecule has 1 heterocycles. The van der Waals surface area contributed by atoms with Crippen molar-refractivity contribution >= 4 is 17.6 Å². The molecule has 0 bridgehead atoms. The van der Waals surface area contributed by atoms with Gasteiger partial charge in [0, 0.05) is 17.8 Å². The number of piperidine rings is 1. The predicted octanol–water partition coefficient (Wildman–Crippen LogP) is 4.26. The molecule has 3 rings (SSSR count). The van der Waals surface area contributed by atoms with Crippen molar-refractivity contribution in [3.63, 3.8) is 0 Å². The number of carbonyl (C=O) groups is 2. The number of carboxylic acids is 1. The maximum atomic E-state index is 14.0. The molecule has 0 aromatic heterocycles. The third-order valence-corrected chi connectivity index (χ3v) is 5.54. The van der Waals surface area contributed by atoms with Gasteiger partial charge < -0.3 is 15.7 Å². The van der Waals surface area contributed by atoms with E-state index in [1.54, 1.807) is 24.3 Å². The molecule has 1 saturated heterocycles. The predicted molar refractivity (Wildman–Crippen MR) is 111 cm³/mol. The Morgan fingerprint density at radius 3 is 2.48 bits per heavy atom. The summed E-state index contributed by atoms with van der Waals surface area (Å²) >= 11 is 0. The summed E-state index contributed by atoms with van der Waals surface area (Å²) < 4.78 is 14.0. The number of halogens is 1. The fourth-order valence-corrected chi connectivity index (χ4v) is 4.17. The molecular formula is C23H27FN2O3. The van der Waals surface area contributed by atoms with Crippen molar-refractivity contribution in [1.82, 2.24) is 0 Å². The van der Waals surface area contributed by atoms with Gasteiger partial charge in [-0.05, 0) is 59.7 Å². The lowest BCUT2D eigenvalue weighted by Crippen LogP contribution is -2.43. The lowest BCUT2D eigenvalue weighted by atomic mass is 9.80. The topological polar surface area (TPSA) is 83.6 Å². The molecule has 1 aliphatic rings. The minimum absolute atomic E-state index is 0.302. The molecule has 29 heavy (non-hydrogen) atoms. The summed E-state index contributed by atoms with van der Waals surface area (Å²) in [5.41, 5.74) is 7.98. The van der Waals surface area contributed by atoms with Crippen molar-refractivity contribution < 1.29 is 19.1 Å². The Kier molecular flexibility index (Phi) is 5.64. The largest absolute Gasteiger partial charge is 0.481 e. The van der Waals surface area contributed by atoms with E-state index >= 15 is 0 Å². The van der Waals surface area contributed by atoms with Gasteiger partial charge in [-0.1, -0.05) is 32.9 Å². The van der Waals surface area contributed by atoms with Crippen molar-refractivity contribution in [2.75, 3.05) is 11.4 Å². The molecule has 0 saturated carbocycles. The molecule has 5 nitrogen and oxygen atoms in total. The van der Waals surface area contributed by atoms with Crippen LogP contribution in [0.4, 0.5) is 10.1 Å². The Bertz CT molecular complexity index is 936. The monoisotopic (exact) mass is 398 g/mol. The first-order valence-corrected chi connectivity index (χ1v) is 9.79. The number of nitrogens with zero attached hydrogens (tertiary/aromatic N) is 1. The lowest BCUT2D eigenvalue weighted by molar-refractivity contribution is -0.143. The number of nitrogens with two attached hydrogens (primary N) is 1. The molecule has 6 heteroatoms. The average molecular weight is 398 g/mol. The number of aliphatic carboxylic acids is 1. The fourth-order valence-electron chi connectivity index (χ4n) is 4.17. The van der Waals surface area contributed by atoms with Gasteiger partial charge in [-0.25, -0.2) is 4.39 Å². The number of carboxylic acid groups (broad SMARTS) is 1. The van der Waals surface area contributed by atoms with Crippen LogP contribution < -0.4 is 10.6 Å². The highest BCUT2D eigenvalue weighted by Crippen LogP contribution is 2.43. The highest BCUT2D eigenvalue weighted by molar-refractivity contribution is 5.93. The van der Waals surface area contributed by atoms with E-state index in [1.165, 1.54) is 12.1 Å². The number of rotatable bonds is 4. The summed E-state index contributed by atoms with van der Waals surface area (Å²) in [5.74, 6) is -2.45. The van der Waals surface area contributed by atoms with Crippen molar-refractivity contribution in [2.45, 2.75) is 45.1 Å². The first-order chi connectivity index (χ1) is 13.6. The highest BCUT2D eigenvalue weighted by atomic mass is 19.1. The molecule has 2 aromatic carbocycles. The van der Waals surface area contributed by atoms with Crippen LogP contribution in [0.1, 0.15) is 61.1 Å². The molecule has 1 aliphatic heterocycles. The van der Waals surface area contributed by atoms with Crippen LogP contribution in [0.5, 0.6) is 0 Å². The summed E-state index contributed by atoms with van der Waals surface area (Å²) in [6.07, 6.45) is 1.24. The third-order valence-electron chi connectivity index (χ3n) is 5.54. The van der Waals surface area contributed by atoms with Crippen molar-refractivity contribution in [2.24, 2.45) is 11.7 Å². The minimum atomic E-state index is -0.893. The number of primary amides is 1. The molecule has 0 aliphatic carbocycles. The van der Waals surface area contributed by atoms with Crippen molar-refractivity contribution in [3.8, 4) is 0 Å². The summed E-state index contributed by atoms with van der Waals surface area (Å²) in [7, 11) is 0. The standard InChI is InChI=1S/C23H27FN2O3/c1-23(2,3)18-13-15(21(25)27)9-10-19(18)26-11-5-8-17(22(28)29)20(26)14-6-4-7-16(24)12-14/h4,6-7,9-10,12-13,17,20H,5,8,11H2,1-3H3,(H2,25,27)(H,28,29). The summed E-state index contributed by atoms with van der Waals surface area (Å²) in [5, 5.41) is 9.87. The van der Waals surface area contributed by atoms with Gasteiger partial charge in [-0.3, -0.25) is 9.59 Å². The maximum Gasteiger partial charge on any atom is 0.308 e. The highest BCUT2D eigenvalue weighted by Gasteiger charge is 2.39. The molecule has 154 valence electrons. The van der Waals surface area contributed by atoms with E-state index in [0.717, 1.165) is 11.3 Å². The number of hydrogen-bond donors (Lipinski definition) is 2. The molecule has 2 unspecified atom stereocenters. The molecule has 1 fully saturated rings. The zero-order valence-electron chi connectivity index (χ0n) is 17.0. The quantitative estimate of drug-likeness (QED) is 0.806. The van der Waals surface area contributed by atoms with Crippen LogP contribution in [-0.4, -0.2) is 23.5 Å². The van der Waals surface area contributed by atoms with E-state index in [-0.39, 0.29) is 5.41 Å². The number of carbonyl (C=O) groups excluding carboxylic acids is 1. The van der Waals surface area contributed by atoms with E-state index < -0.39 is 29.7 Å². The van der Waals surface area contributed by atoms with Crippen molar-refractivity contribution in [1.29, 1.82) is 0 Å². The van der Waals surface area contributed by atoms with E-state index in [1.807, 2.05) is 31.7 Å². The van der Waals surface area contributed by atoms with E-state index in [9.17, 15) is 19.1 Å². The Morgan fingerprint density at radius 1 is 1.17 bits per heavy atom. The van der Waals surface area contributed by atoms with Gasteiger partial charge in [0.2, 0.25) is 5.91 Å². The summed E-state index contributed by atoms with van der Waals surface area (Å²) in [6.45, 7) is 6.75. The first kappa shape index (κ1) is 20.8. The van der Waals surface area contributed by atoms with E-state index in [2.05, 4.69) is 0 Å². The SMILES string of the molecule is CC(C)(C)c1cc(C(N)=O)ccc1N1CCCC(C(=O)O)C1c1cccc(F)c1. The van der Waals surface area contributed by atoms with Gasteiger partial charge in [0.25, 0.3) is 0 Å². The summed E-state index contributed by atoms with van der Waals surface area (Å²) in [6, 6.07) is 10.9. The zero-order valence-corrected chi connectivity index (χ0v) is 17.0. The van der Waals surface area contributed by atoms with Crippen LogP contribution in [-0.2, 0) is 10.2 Å². The smallest absolute Gasteiger partial charge is 0.308 e. The fraction of sp³-hybridized carbons (Fsp3) is 0.391. The van der Waals surface area contributed by atoms with Gasteiger partial charge in [-0.15, -0.1) is 0 Å². The van der Waals surface area contributed by atoms with Crippen LogP contribution in [0.25, 0.3) is 0 Å². The summed E-state index contributed by atoms with van der Waals surface area (Å²) in [4.78, 5) is 25.8. The minimum Gasteiger partial charge on any atom is -0.481 e. The second kappa shape index (κ2) is 7.85. The normalized spacial score (nSPS) is 19.8. The molecule has 3 N–H and O–H groups in total. The number of benzene rings is 2.